The van der Waals surface area contributed by atoms with E-state index in [0.29, 0.717) is 12.5 Å². The topological polar surface area (TPSA) is 29.5 Å². The fourth-order valence-corrected chi connectivity index (χ4v) is 2.60. The molecule has 0 aliphatic carbocycles. The van der Waals surface area contributed by atoms with Crippen LogP contribution in [-0.2, 0) is 9.53 Å². The summed E-state index contributed by atoms with van der Waals surface area (Å²) < 4.78 is 5.26. The Morgan fingerprint density at radius 3 is 2.38 bits per heavy atom. The number of hydrogen-bond acceptors (Lipinski definition) is 3. The van der Waals surface area contributed by atoms with E-state index >= 15 is 0 Å². The van der Waals surface area contributed by atoms with Crippen LogP contribution in [0.1, 0.15) is 40.0 Å². The molecule has 3 nitrogen and oxygen atoms in total. The van der Waals surface area contributed by atoms with Crippen molar-refractivity contribution in [2.75, 3.05) is 26.7 Å². The standard InChI is InChI=1S/C13H25NO2/c1-5-16-12(15)13(10-11(2)3)6-8-14(4)9-7-13/h11H,5-10H2,1-4H3. The Bertz CT molecular complexity index is 230. The first-order valence-corrected chi connectivity index (χ1v) is 6.36. The summed E-state index contributed by atoms with van der Waals surface area (Å²) in [5.74, 6) is 0.574. The molecule has 1 saturated heterocycles. The van der Waals surface area contributed by atoms with E-state index in [0.717, 1.165) is 32.4 Å². The highest BCUT2D eigenvalue weighted by atomic mass is 16.5. The molecular formula is C13H25NO2. The second-order valence-electron chi connectivity index (χ2n) is 5.40. The van der Waals surface area contributed by atoms with Gasteiger partial charge in [-0.2, -0.15) is 0 Å². The molecule has 1 aliphatic rings. The van der Waals surface area contributed by atoms with E-state index in [2.05, 4.69) is 25.8 Å². The minimum Gasteiger partial charge on any atom is -0.466 e. The van der Waals surface area contributed by atoms with Gasteiger partial charge in [-0.3, -0.25) is 4.79 Å². The predicted octanol–water partition coefficient (Wildman–Crippen LogP) is 2.31. The number of esters is 1. The van der Waals surface area contributed by atoms with E-state index in [9.17, 15) is 4.79 Å². The zero-order valence-electron chi connectivity index (χ0n) is 11.1. The second-order valence-corrected chi connectivity index (χ2v) is 5.40. The molecule has 0 bridgehead atoms. The lowest BCUT2D eigenvalue weighted by Crippen LogP contribution is -2.44. The van der Waals surface area contributed by atoms with Crippen LogP contribution in [0, 0.1) is 11.3 Å². The average Bonchev–Trinajstić information content (AvgIpc) is 2.21. The van der Waals surface area contributed by atoms with E-state index in [1.165, 1.54) is 0 Å². The Morgan fingerprint density at radius 1 is 1.38 bits per heavy atom. The van der Waals surface area contributed by atoms with Crippen molar-refractivity contribution < 1.29 is 9.53 Å². The lowest BCUT2D eigenvalue weighted by Gasteiger charge is -2.39. The van der Waals surface area contributed by atoms with Crippen LogP contribution in [0.25, 0.3) is 0 Å². The van der Waals surface area contributed by atoms with Gasteiger partial charge in [0.25, 0.3) is 0 Å². The van der Waals surface area contributed by atoms with Crippen molar-refractivity contribution in [2.24, 2.45) is 11.3 Å². The number of piperidine rings is 1. The fourth-order valence-electron chi connectivity index (χ4n) is 2.60. The van der Waals surface area contributed by atoms with Crippen LogP contribution in [-0.4, -0.2) is 37.6 Å². The highest BCUT2D eigenvalue weighted by Gasteiger charge is 2.42. The van der Waals surface area contributed by atoms with Crippen LogP contribution >= 0.6 is 0 Å². The molecule has 0 aromatic rings. The van der Waals surface area contributed by atoms with Gasteiger partial charge in [-0.05, 0) is 52.2 Å². The van der Waals surface area contributed by atoms with Gasteiger partial charge in [0, 0.05) is 0 Å². The number of nitrogens with zero attached hydrogens (tertiary/aromatic N) is 1. The Labute approximate surface area is 99.1 Å². The third-order valence-corrected chi connectivity index (χ3v) is 3.45. The normalized spacial score (nSPS) is 21.1. The summed E-state index contributed by atoms with van der Waals surface area (Å²) in [7, 11) is 2.12. The van der Waals surface area contributed by atoms with Crippen molar-refractivity contribution in [3.63, 3.8) is 0 Å². The van der Waals surface area contributed by atoms with E-state index in [1.54, 1.807) is 0 Å². The molecule has 16 heavy (non-hydrogen) atoms. The highest BCUT2D eigenvalue weighted by Crippen LogP contribution is 2.38. The first-order valence-electron chi connectivity index (χ1n) is 6.36. The molecule has 0 amide bonds. The largest absolute Gasteiger partial charge is 0.466 e. The molecule has 94 valence electrons. The Balaban J connectivity index is 2.72. The molecular weight excluding hydrogens is 202 g/mol. The van der Waals surface area contributed by atoms with Crippen molar-refractivity contribution in [3.8, 4) is 0 Å². The molecule has 1 aliphatic heterocycles. The quantitative estimate of drug-likeness (QED) is 0.690. The number of ether oxygens (including phenoxy) is 1. The van der Waals surface area contributed by atoms with Crippen LogP contribution in [0.5, 0.6) is 0 Å². The van der Waals surface area contributed by atoms with Crippen molar-refractivity contribution >= 4 is 5.97 Å². The smallest absolute Gasteiger partial charge is 0.312 e. The van der Waals surface area contributed by atoms with E-state index < -0.39 is 0 Å². The average molecular weight is 227 g/mol. The summed E-state index contributed by atoms with van der Waals surface area (Å²) in [6.07, 6.45) is 2.85. The first kappa shape index (κ1) is 13.5. The molecule has 1 heterocycles. The monoisotopic (exact) mass is 227 g/mol. The lowest BCUT2D eigenvalue weighted by atomic mass is 9.73. The maximum atomic E-state index is 12.1. The molecule has 0 atom stereocenters. The van der Waals surface area contributed by atoms with E-state index in [1.807, 2.05) is 6.92 Å². The summed E-state index contributed by atoms with van der Waals surface area (Å²) in [4.78, 5) is 14.4. The Kier molecular flexibility index (Phi) is 4.78. The minimum absolute atomic E-state index is 0.0248. The van der Waals surface area contributed by atoms with Gasteiger partial charge < -0.3 is 9.64 Å². The molecule has 0 saturated carbocycles. The number of carbonyl (C=O) groups is 1. The zero-order valence-corrected chi connectivity index (χ0v) is 11.1. The van der Waals surface area contributed by atoms with Crippen LogP contribution in [0.3, 0.4) is 0 Å². The maximum absolute atomic E-state index is 12.1. The van der Waals surface area contributed by atoms with Gasteiger partial charge in [0.1, 0.15) is 0 Å². The molecule has 0 radical (unpaired) electrons. The van der Waals surface area contributed by atoms with Crippen molar-refractivity contribution in [3.05, 3.63) is 0 Å². The highest BCUT2D eigenvalue weighted by molar-refractivity contribution is 5.77. The number of likely N-dealkylation sites (tertiary alicyclic amines) is 1. The summed E-state index contributed by atoms with van der Waals surface area (Å²) in [6.45, 7) is 8.75. The van der Waals surface area contributed by atoms with Gasteiger partial charge >= 0.3 is 5.97 Å². The molecule has 0 unspecified atom stereocenters. The fraction of sp³-hybridized carbons (Fsp3) is 0.923. The molecule has 0 aromatic heterocycles. The minimum atomic E-state index is -0.212. The maximum Gasteiger partial charge on any atom is 0.312 e. The molecule has 3 heteroatoms. The second kappa shape index (κ2) is 5.67. The molecule has 1 fully saturated rings. The van der Waals surface area contributed by atoms with E-state index in [4.69, 9.17) is 4.74 Å². The van der Waals surface area contributed by atoms with Crippen molar-refractivity contribution in [1.29, 1.82) is 0 Å². The third kappa shape index (κ3) is 3.21. The zero-order chi connectivity index (χ0) is 12.2. The molecule has 0 spiro atoms. The summed E-state index contributed by atoms with van der Waals surface area (Å²) in [5, 5.41) is 0. The summed E-state index contributed by atoms with van der Waals surface area (Å²) >= 11 is 0. The summed E-state index contributed by atoms with van der Waals surface area (Å²) in [6, 6.07) is 0. The van der Waals surface area contributed by atoms with E-state index in [-0.39, 0.29) is 11.4 Å². The van der Waals surface area contributed by atoms with Crippen molar-refractivity contribution in [1.82, 2.24) is 4.90 Å². The van der Waals surface area contributed by atoms with Crippen LogP contribution in [0.2, 0.25) is 0 Å². The first-order chi connectivity index (χ1) is 7.50. The number of hydrogen-bond donors (Lipinski definition) is 0. The van der Waals surface area contributed by atoms with Crippen LogP contribution < -0.4 is 0 Å². The van der Waals surface area contributed by atoms with Crippen LogP contribution in [0.15, 0.2) is 0 Å². The Hall–Kier alpha value is -0.570. The van der Waals surface area contributed by atoms with Gasteiger partial charge in [0.15, 0.2) is 0 Å². The predicted molar refractivity (Wildman–Crippen MR) is 65.3 cm³/mol. The number of carbonyl (C=O) groups excluding carboxylic acids is 1. The molecule has 1 rings (SSSR count). The number of rotatable bonds is 4. The van der Waals surface area contributed by atoms with Gasteiger partial charge in [-0.15, -0.1) is 0 Å². The SMILES string of the molecule is CCOC(=O)C1(CC(C)C)CCN(C)CC1. The van der Waals surface area contributed by atoms with Gasteiger partial charge in [0.05, 0.1) is 12.0 Å². The molecule has 0 N–H and O–H groups in total. The van der Waals surface area contributed by atoms with Crippen molar-refractivity contribution in [2.45, 2.75) is 40.0 Å². The summed E-state index contributed by atoms with van der Waals surface area (Å²) in [5.41, 5.74) is -0.212. The van der Waals surface area contributed by atoms with Gasteiger partial charge in [-0.1, -0.05) is 13.8 Å². The van der Waals surface area contributed by atoms with Gasteiger partial charge in [-0.25, -0.2) is 0 Å². The molecule has 0 aromatic carbocycles. The van der Waals surface area contributed by atoms with Gasteiger partial charge in [0.2, 0.25) is 0 Å². The van der Waals surface area contributed by atoms with Crippen LogP contribution in [0.4, 0.5) is 0 Å². The Morgan fingerprint density at radius 2 is 1.94 bits per heavy atom. The lowest BCUT2D eigenvalue weighted by molar-refractivity contribution is -0.159. The third-order valence-electron chi connectivity index (χ3n) is 3.45.